The smallest absolute Gasteiger partial charge is 0.242 e. The number of nitrogens with zero attached hydrogens (tertiary/aromatic N) is 3. The number of hydrogen-bond acceptors (Lipinski definition) is 3. The Hall–Kier alpha value is -1.36. The molecular weight excluding hydrogens is 168 g/mol. The molecule has 0 bridgehead atoms. The largest absolute Gasteiger partial charge is 0.320 e. The van der Waals surface area contributed by atoms with E-state index in [1.54, 1.807) is 17.4 Å². The van der Waals surface area contributed by atoms with Crippen LogP contribution in [0.5, 0.6) is 0 Å². The molecule has 0 spiro atoms. The highest BCUT2D eigenvalue weighted by atomic mass is 16.2. The Morgan fingerprint density at radius 3 is 3.08 bits per heavy atom. The van der Waals surface area contributed by atoms with Crippen molar-refractivity contribution in [2.24, 2.45) is 7.05 Å². The zero-order valence-corrected chi connectivity index (χ0v) is 7.53. The molecule has 1 amide bonds. The first-order valence-electron chi connectivity index (χ1n) is 4.26. The van der Waals surface area contributed by atoms with Gasteiger partial charge in [0.2, 0.25) is 5.91 Å². The lowest BCUT2D eigenvalue weighted by molar-refractivity contribution is -0.118. The molecule has 2 rings (SSSR count). The van der Waals surface area contributed by atoms with Crippen molar-refractivity contribution >= 4 is 11.7 Å². The van der Waals surface area contributed by atoms with E-state index in [4.69, 9.17) is 0 Å². The van der Waals surface area contributed by atoms with Gasteiger partial charge in [-0.3, -0.25) is 9.69 Å². The third kappa shape index (κ3) is 1.42. The lowest BCUT2D eigenvalue weighted by Crippen LogP contribution is -2.48. The van der Waals surface area contributed by atoms with E-state index < -0.39 is 0 Å². The highest BCUT2D eigenvalue weighted by Gasteiger charge is 2.20. The van der Waals surface area contributed by atoms with Crippen LogP contribution in [-0.4, -0.2) is 35.1 Å². The summed E-state index contributed by atoms with van der Waals surface area (Å²) in [7, 11) is 1.89. The van der Waals surface area contributed by atoms with E-state index in [1.807, 2.05) is 11.6 Å². The van der Waals surface area contributed by atoms with Gasteiger partial charge >= 0.3 is 0 Å². The Bertz CT molecular complexity index is 320. The molecule has 0 aliphatic carbocycles. The summed E-state index contributed by atoms with van der Waals surface area (Å²) in [5.41, 5.74) is 0. The molecular formula is C8H12N4O. The van der Waals surface area contributed by atoms with Gasteiger partial charge in [-0.1, -0.05) is 0 Å². The number of aromatic nitrogens is 2. The molecule has 1 aromatic heterocycles. The first-order chi connectivity index (χ1) is 6.29. The van der Waals surface area contributed by atoms with Crippen molar-refractivity contribution in [3.05, 3.63) is 12.5 Å². The molecule has 0 saturated carbocycles. The van der Waals surface area contributed by atoms with Crippen molar-refractivity contribution in [3.63, 3.8) is 0 Å². The van der Waals surface area contributed by atoms with Gasteiger partial charge in [0.15, 0.2) is 0 Å². The molecule has 2 heterocycles. The molecule has 1 saturated heterocycles. The van der Waals surface area contributed by atoms with E-state index in [0.29, 0.717) is 6.54 Å². The molecule has 0 unspecified atom stereocenters. The number of nitrogens with one attached hydrogen (secondary N) is 1. The summed E-state index contributed by atoms with van der Waals surface area (Å²) >= 11 is 0. The second-order valence-corrected chi connectivity index (χ2v) is 3.08. The van der Waals surface area contributed by atoms with E-state index >= 15 is 0 Å². The Kier molecular flexibility index (Phi) is 2.02. The lowest BCUT2D eigenvalue weighted by atomic mass is 10.3. The molecule has 1 aliphatic heterocycles. The zero-order valence-electron chi connectivity index (χ0n) is 7.53. The number of piperazine rings is 1. The maximum Gasteiger partial charge on any atom is 0.242 e. The number of imidazole rings is 1. The summed E-state index contributed by atoms with van der Waals surface area (Å²) in [6.45, 7) is 1.99. The number of carbonyl (C=O) groups excluding carboxylic acids is 1. The van der Waals surface area contributed by atoms with E-state index in [2.05, 4.69) is 10.3 Å². The third-order valence-electron chi connectivity index (χ3n) is 2.16. The van der Waals surface area contributed by atoms with Gasteiger partial charge in [-0.05, 0) is 0 Å². The molecule has 70 valence electrons. The van der Waals surface area contributed by atoms with Crippen LogP contribution in [0.2, 0.25) is 0 Å². The Morgan fingerprint density at radius 1 is 1.62 bits per heavy atom. The van der Waals surface area contributed by atoms with Crippen LogP contribution in [0.1, 0.15) is 0 Å². The summed E-state index contributed by atoms with van der Waals surface area (Å²) < 4.78 is 1.85. The van der Waals surface area contributed by atoms with E-state index in [1.165, 1.54) is 0 Å². The minimum atomic E-state index is 0.106. The van der Waals surface area contributed by atoms with Gasteiger partial charge in [-0.25, -0.2) is 4.98 Å². The Balaban J connectivity index is 2.24. The van der Waals surface area contributed by atoms with Gasteiger partial charge in [0.05, 0.1) is 19.1 Å². The van der Waals surface area contributed by atoms with Crippen molar-refractivity contribution in [1.82, 2.24) is 14.9 Å². The fraction of sp³-hybridized carbons (Fsp3) is 0.500. The van der Waals surface area contributed by atoms with Crippen LogP contribution in [0.4, 0.5) is 5.82 Å². The molecule has 0 atom stereocenters. The monoisotopic (exact) mass is 180 g/mol. The number of carbonyl (C=O) groups is 1. The maximum absolute atomic E-state index is 11.5. The van der Waals surface area contributed by atoms with Crippen LogP contribution in [0.15, 0.2) is 12.5 Å². The maximum atomic E-state index is 11.5. The SMILES string of the molecule is Cn1cncc1N1CCNCC1=O. The lowest BCUT2D eigenvalue weighted by Gasteiger charge is -2.26. The molecule has 1 aliphatic rings. The minimum absolute atomic E-state index is 0.106. The molecule has 1 aromatic rings. The minimum Gasteiger partial charge on any atom is -0.320 e. The van der Waals surface area contributed by atoms with E-state index in [0.717, 1.165) is 18.9 Å². The van der Waals surface area contributed by atoms with Crippen LogP contribution in [0, 0.1) is 0 Å². The summed E-state index contributed by atoms with van der Waals surface area (Å²) in [6.07, 6.45) is 3.41. The highest BCUT2D eigenvalue weighted by Crippen LogP contribution is 2.12. The van der Waals surface area contributed by atoms with Gasteiger partial charge < -0.3 is 9.88 Å². The van der Waals surface area contributed by atoms with Crippen LogP contribution in [-0.2, 0) is 11.8 Å². The molecule has 5 heteroatoms. The molecule has 0 radical (unpaired) electrons. The molecule has 1 N–H and O–H groups in total. The summed E-state index contributed by atoms with van der Waals surface area (Å²) in [4.78, 5) is 17.2. The first kappa shape index (κ1) is 8.25. The average Bonchev–Trinajstić information content (AvgIpc) is 2.52. The fourth-order valence-corrected chi connectivity index (χ4v) is 1.46. The topological polar surface area (TPSA) is 50.2 Å². The number of anilines is 1. The predicted octanol–water partition coefficient (Wildman–Crippen LogP) is -0.644. The fourth-order valence-electron chi connectivity index (χ4n) is 1.46. The first-order valence-corrected chi connectivity index (χ1v) is 4.26. The van der Waals surface area contributed by atoms with Crippen molar-refractivity contribution in [2.75, 3.05) is 24.5 Å². The Morgan fingerprint density at radius 2 is 2.46 bits per heavy atom. The predicted molar refractivity (Wildman–Crippen MR) is 48.4 cm³/mol. The summed E-state index contributed by atoms with van der Waals surface area (Å²) in [5, 5.41) is 3.03. The second kappa shape index (κ2) is 3.18. The Labute approximate surface area is 76.4 Å². The van der Waals surface area contributed by atoms with Crippen molar-refractivity contribution in [2.45, 2.75) is 0 Å². The van der Waals surface area contributed by atoms with Crippen molar-refractivity contribution in [1.29, 1.82) is 0 Å². The summed E-state index contributed by atoms with van der Waals surface area (Å²) in [6, 6.07) is 0. The quantitative estimate of drug-likeness (QED) is 0.625. The van der Waals surface area contributed by atoms with Gasteiger partial charge in [0, 0.05) is 20.1 Å². The van der Waals surface area contributed by atoms with E-state index in [-0.39, 0.29) is 5.91 Å². The third-order valence-corrected chi connectivity index (χ3v) is 2.16. The van der Waals surface area contributed by atoms with Crippen molar-refractivity contribution < 1.29 is 4.79 Å². The molecule has 0 aromatic carbocycles. The van der Waals surface area contributed by atoms with Gasteiger partial charge in [0.25, 0.3) is 0 Å². The zero-order chi connectivity index (χ0) is 9.26. The molecule has 13 heavy (non-hydrogen) atoms. The van der Waals surface area contributed by atoms with Crippen LogP contribution < -0.4 is 10.2 Å². The number of aryl methyl sites for hydroxylation is 1. The van der Waals surface area contributed by atoms with Crippen LogP contribution in [0.25, 0.3) is 0 Å². The van der Waals surface area contributed by atoms with Gasteiger partial charge in [-0.15, -0.1) is 0 Å². The number of rotatable bonds is 1. The van der Waals surface area contributed by atoms with Gasteiger partial charge in [-0.2, -0.15) is 0 Å². The highest BCUT2D eigenvalue weighted by molar-refractivity contribution is 5.94. The normalized spacial score (nSPS) is 17.9. The van der Waals surface area contributed by atoms with Crippen molar-refractivity contribution in [3.8, 4) is 0 Å². The van der Waals surface area contributed by atoms with Crippen LogP contribution in [0.3, 0.4) is 0 Å². The van der Waals surface area contributed by atoms with Crippen LogP contribution >= 0.6 is 0 Å². The number of hydrogen-bond donors (Lipinski definition) is 1. The second-order valence-electron chi connectivity index (χ2n) is 3.08. The average molecular weight is 180 g/mol. The standard InChI is InChI=1S/C8H12N4O/c1-11-6-10-4-7(11)12-3-2-9-5-8(12)13/h4,6,9H,2-3,5H2,1H3. The van der Waals surface area contributed by atoms with Gasteiger partial charge in [0.1, 0.15) is 5.82 Å². The molecule has 5 nitrogen and oxygen atoms in total. The number of amides is 1. The molecule has 1 fully saturated rings. The van der Waals surface area contributed by atoms with E-state index in [9.17, 15) is 4.79 Å². The summed E-state index contributed by atoms with van der Waals surface area (Å²) in [5.74, 6) is 0.973.